The highest BCUT2D eigenvalue weighted by Crippen LogP contribution is 2.28. The molecule has 1 saturated heterocycles. The zero-order valence-electron chi connectivity index (χ0n) is 14.8. The number of thioether (sulfide) groups is 1. The fourth-order valence-corrected chi connectivity index (χ4v) is 4.22. The van der Waals surface area contributed by atoms with Gasteiger partial charge < -0.3 is 19.1 Å². The number of carbonyl (C=O) groups excluding carboxylic acids is 1. The molecule has 1 aromatic carbocycles. The maximum Gasteiger partial charge on any atom is 0.232 e. The summed E-state index contributed by atoms with van der Waals surface area (Å²) in [5.41, 5.74) is 0. The maximum atomic E-state index is 12.6. The highest BCUT2D eigenvalue weighted by atomic mass is 32.2. The number of amides is 1. The van der Waals surface area contributed by atoms with Crippen LogP contribution in [-0.4, -0.2) is 61.3 Å². The second kappa shape index (κ2) is 9.34. The third kappa shape index (κ3) is 5.05. The van der Waals surface area contributed by atoms with Crippen LogP contribution >= 0.6 is 11.8 Å². The molecule has 1 aliphatic carbocycles. The Kier molecular flexibility index (Phi) is 6.87. The summed E-state index contributed by atoms with van der Waals surface area (Å²) in [5.74, 6) is 3.21. The van der Waals surface area contributed by atoms with Crippen molar-refractivity contribution in [1.29, 1.82) is 0 Å². The molecule has 1 aliphatic heterocycles. The molecule has 0 spiro atoms. The minimum atomic E-state index is 0.245. The van der Waals surface area contributed by atoms with E-state index in [2.05, 4.69) is 4.90 Å². The molecule has 5 nitrogen and oxygen atoms in total. The molecule has 0 bridgehead atoms. The van der Waals surface area contributed by atoms with E-state index in [0.717, 1.165) is 36.6 Å². The lowest BCUT2D eigenvalue weighted by molar-refractivity contribution is -0.146. The van der Waals surface area contributed by atoms with E-state index in [-0.39, 0.29) is 12.0 Å². The number of benzene rings is 1. The van der Waals surface area contributed by atoms with E-state index in [1.54, 1.807) is 18.9 Å². The fourth-order valence-electron chi connectivity index (χ4n) is 3.54. The van der Waals surface area contributed by atoms with Gasteiger partial charge in [0.2, 0.25) is 5.91 Å². The first-order chi connectivity index (χ1) is 12.3. The minimum Gasteiger partial charge on any atom is -0.497 e. The van der Waals surface area contributed by atoms with Crippen LogP contribution in [0.3, 0.4) is 0 Å². The van der Waals surface area contributed by atoms with Gasteiger partial charge in [-0.05, 0) is 37.1 Å². The van der Waals surface area contributed by atoms with E-state index in [1.807, 2.05) is 24.3 Å². The smallest absolute Gasteiger partial charge is 0.232 e. The van der Waals surface area contributed by atoms with Gasteiger partial charge in [0.05, 0.1) is 38.2 Å². The number of rotatable bonds is 7. The molecule has 1 aromatic rings. The standard InChI is InChI=1S/C19H27NO4S/c1-22-15-6-8-16(9-7-15)23-12-13-25-14-19(21)20-10-11-24-18-5-3-2-4-17(18)20/h6-9,17-18H,2-5,10-14H2,1H3. The van der Waals surface area contributed by atoms with Crippen molar-refractivity contribution in [2.75, 3.05) is 38.4 Å². The third-order valence-corrected chi connectivity index (χ3v) is 5.74. The number of morpholine rings is 1. The molecule has 1 amide bonds. The Morgan fingerprint density at radius 1 is 1.24 bits per heavy atom. The van der Waals surface area contributed by atoms with Crippen LogP contribution in [0.5, 0.6) is 11.5 Å². The van der Waals surface area contributed by atoms with E-state index >= 15 is 0 Å². The highest BCUT2D eigenvalue weighted by Gasteiger charge is 2.36. The molecular formula is C19H27NO4S. The first-order valence-corrected chi connectivity index (χ1v) is 10.2. The van der Waals surface area contributed by atoms with Gasteiger partial charge in [-0.3, -0.25) is 4.79 Å². The van der Waals surface area contributed by atoms with Gasteiger partial charge in [0.1, 0.15) is 11.5 Å². The van der Waals surface area contributed by atoms with Crippen molar-refractivity contribution >= 4 is 17.7 Å². The zero-order valence-corrected chi connectivity index (χ0v) is 15.6. The lowest BCUT2D eigenvalue weighted by Crippen LogP contribution is -2.55. The number of carbonyl (C=O) groups is 1. The Hall–Kier alpha value is -1.40. The predicted molar refractivity (Wildman–Crippen MR) is 99.5 cm³/mol. The summed E-state index contributed by atoms with van der Waals surface area (Å²) < 4.78 is 16.7. The van der Waals surface area contributed by atoms with Gasteiger partial charge in [-0.25, -0.2) is 0 Å². The number of fused-ring (bicyclic) bond motifs is 1. The average molecular weight is 365 g/mol. The third-order valence-electron chi connectivity index (χ3n) is 4.83. The van der Waals surface area contributed by atoms with Crippen LogP contribution in [0.2, 0.25) is 0 Å². The number of nitrogens with zero attached hydrogens (tertiary/aromatic N) is 1. The van der Waals surface area contributed by atoms with Crippen LogP contribution in [0.25, 0.3) is 0 Å². The van der Waals surface area contributed by atoms with Crippen molar-refractivity contribution in [2.45, 2.75) is 37.8 Å². The van der Waals surface area contributed by atoms with Crippen molar-refractivity contribution in [2.24, 2.45) is 0 Å². The number of hydrogen-bond donors (Lipinski definition) is 0. The molecule has 6 heteroatoms. The second-order valence-electron chi connectivity index (χ2n) is 6.42. The summed E-state index contributed by atoms with van der Waals surface area (Å²) in [5, 5.41) is 0. The topological polar surface area (TPSA) is 48.0 Å². The lowest BCUT2D eigenvalue weighted by atomic mass is 9.90. The number of ether oxygens (including phenoxy) is 3. The van der Waals surface area contributed by atoms with Crippen molar-refractivity contribution in [3.8, 4) is 11.5 Å². The van der Waals surface area contributed by atoms with Crippen LogP contribution in [0.15, 0.2) is 24.3 Å². The molecule has 2 aliphatic rings. The number of methoxy groups -OCH3 is 1. The molecule has 2 atom stereocenters. The summed E-state index contributed by atoms with van der Waals surface area (Å²) in [6.45, 7) is 2.01. The summed E-state index contributed by atoms with van der Waals surface area (Å²) in [4.78, 5) is 14.6. The minimum absolute atomic E-state index is 0.245. The Morgan fingerprint density at radius 2 is 2.00 bits per heavy atom. The van der Waals surface area contributed by atoms with E-state index in [4.69, 9.17) is 14.2 Å². The molecule has 1 saturated carbocycles. The normalized spacial score (nSPS) is 23.0. The van der Waals surface area contributed by atoms with E-state index in [1.165, 1.54) is 12.8 Å². The van der Waals surface area contributed by atoms with E-state index in [9.17, 15) is 4.79 Å². The van der Waals surface area contributed by atoms with Gasteiger partial charge in [0, 0.05) is 12.3 Å². The van der Waals surface area contributed by atoms with E-state index in [0.29, 0.717) is 25.0 Å². The van der Waals surface area contributed by atoms with Gasteiger partial charge in [0.25, 0.3) is 0 Å². The van der Waals surface area contributed by atoms with Crippen LogP contribution in [-0.2, 0) is 9.53 Å². The van der Waals surface area contributed by atoms with Gasteiger partial charge in [0.15, 0.2) is 0 Å². The summed E-state index contributed by atoms with van der Waals surface area (Å²) in [6, 6.07) is 7.85. The van der Waals surface area contributed by atoms with Gasteiger partial charge in [-0.1, -0.05) is 12.8 Å². The first-order valence-electron chi connectivity index (χ1n) is 9.03. The van der Waals surface area contributed by atoms with Crippen LogP contribution in [0, 0.1) is 0 Å². The van der Waals surface area contributed by atoms with Gasteiger partial charge in [-0.2, -0.15) is 0 Å². The van der Waals surface area contributed by atoms with Crippen LogP contribution in [0.4, 0.5) is 0 Å². The molecule has 2 fully saturated rings. The van der Waals surface area contributed by atoms with Crippen molar-refractivity contribution in [1.82, 2.24) is 4.90 Å². The first kappa shape index (κ1) is 18.4. The molecule has 0 N–H and O–H groups in total. The predicted octanol–water partition coefficient (Wildman–Crippen LogP) is 2.98. The molecule has 1 heterocycles. The highest BCUT2D eigenvalue weighted by molar-refractivity contribution is 7.99. The molecule has 0 radical (unpaired) electrons. The molecule has 0 aromatic heterocycles. The zero-order chi connectivity index (χ0) is 17.5. The van der Waals surface area contributed by atoms with Crippen LogP contribution < -0.4 is 9.47 Å². The molecular weight excluding hydrogens is 338 g/mol. The molecule has 3 rings (SSSR count). The Bertz CT molecular complexity index is 549. The quantitative estimate of drug-likeness (QED) is 0.695. The van der Waals surface area contributed by atoms with Gasteiger partial charge >= 0.3 is 0 Å². The molecule has 25 heavy (non-hydrogen) atoms. The summed E-state index contributed by atoms with van der Waals surface area (Å²) in [7, 11) is 1.65. The fraction of sp³-hybridized carbons (Fsp3) is 0.632. The Labute approximate surface area is 154 Å². The van der Waals surface area contributed by atoms with E-state index < -0.39 is 0 Å². The average Bonchev–Trinajstić information content (AvgIpc) is 2.67. The molecule has 138 valence electrons. The van der Waals surface area contributed by atoms with Crippen molar-refractivity contribution in [3.05, 3.63) is 24.3 Å². The van der Waals surface area contributed by atoms with Gasteiger partial charge in [-0.15, -0.1) is 11.8 Å². The maximum absolute atomic E-state index is 12.6. The largest absolute Gasteiger partial charge is 0.497 e. The van der Waals surface area contributed by atoms with Crippen molar-refractivity contribution in [3.63, 3.8) is 0 Å². The SMILES string of the molecule is COc1ccc(OCCSCC(=O)N2CCOC3CCCCC32)cc1. The van der Waals surface area contributed by atoms with Crippen LogP contribution in [0.1, 0.15) is 25.7 Å². The van der Waals surface area contributed by atoms with Crippen molar-refractivity contribution < 1.29 is 19.0 Å². The summed E-state index contributed by atoms with van der Waals surface area (Å²) in [6.07, 6.45) is 4.87. The number of hydrogen-bond acceptors (Lipinski definition) is 5. The Balaban J connectivity index is 1.36. The summed E-state index contributed by atoms with van der Waals surface area (Å²) >= 11 is 1.64. The Morgan fingerprint density at radius 3 is 2.80 bits per heavy atom. The second-order valence-corrected chi connectivity index (χ2v) is 7.53. The lowest BCUT2D eigenvalue weighted by Gasteiger charge is -2.43. The molecule has 2 unspecified atom stereocenters. The monoisotopic (exact) mass is 365 g/mol.